The molecule has 1 fully saturated rings. The summed E-state index contributed by atoms with van der Waals surface area (Å²) >= 11 is 3.32. The molecule has 0 radical (unpaired) electrons. The van der Waals surface area contributed by atoms with Gasteiger partial charge in [-0.3, -0.25) is 19.7 Å². The number of nitrogens with zero attached hydrogens (tertiary/aromatic N) is 1. The lowest BCUT2D eigenvalue weighted by Crippen LogP contribution is -2.58. The Labute approximate surface area is 130 Å². The molecule has 1 aliphatic rings. The van der Waals surface area contributed by atoms with Gasteiger partial charge in [0.15, 0.2) is 0 Å². The molecule has 1 aliphatic heterocycles. The van der Waals surface area contributed by atoms with Crippen LogP contribution < -0.4 is 10.1 Å². The fraction of sp³-hybridized carbons (Fsp3) is 0.357. The Morgan fingerprint density at radius 1 is 1.38 bits per heavy atom. The molecule has 112 valence electrons. The monoisotopic (exact) mass is 354 g/mol. The van der Waals surface area contributed by atoms with E-state index < -0.39 is 17.9 Å². The number of amides is 3. The van der Waals surface area contributed by atoms with Gasteiger partial charge in [-0.2, -0.15) is 0 Å². The maximum atomic E-state index is 12.1. The van der Waals surface area contributed by atoms with Gasteiger partial charge in [0, 0.05) is 4.47 Å². The van der Waals surface area contributed by atoms with E-state index in [9.17, 15) is 14.4 Å². The van der Waals surface area contributed by atoms with Gasteiger partial charge in [-0.15, -0.1) is 0 Å². The molecular weight excluding hydrogens is 340 g/mol. The fourth-order valence-electron chi connectivity index (χ4n) is 1.95. The Bertz CT molecular complexity index is 559. The van der Waals surface area contributed by atoms with Crippen molar-refractivity contribution in [3.05, 3.63) is 28.7 Å². The first-order valence-electron chi connectivity index (χ1n) is 6.49. The summed E-state index contributed by atoms with van der Waals surface area (Å²) < 4.78 is 6.40. The smallest absolute Gasteiger partial charge is 0.249 e. The van der Waals surface area contributed by atoms with Crippen molar-refractivity contribution in [3.63, 3.8) is 0 Å². The predicted molar refractivity (Wildman–Crippen MR) is 78.6 cm³/mol. The summed E-state index contributed by atoms with van der Waals surface area (Å²) in [6, 6.07) is 6.62. The number of benzene rings is 1. The number of hydrogen-bond acceptors (Lipinski definition) is 4. The van der Waals surface area contributed by atoms with Gasteiger partial charge in [0.25, 0.3) is 0 Å². The first kappa shape index (κ1) is 15.5. The Morgan fingerprint density at radius 2 is 2.05 bits per heavy atom. The average Bonchev–Trinajstić information content (AvgIpc) is 2.44. The second-order valence-corrected chi connectivity index (χ2v) is 5.58. The van der Waals surface area contributed by atoms with Gasteiger partial charge in [-0.25, -0.2) is 0 Å². The minimum absolute atomic E-state index is 0.0932. The first-order chi connectivity index (χ1) is 9.97. The van der Waals surface area contributed by atoms with E-state index in [1.807, 2.05) is 12.1 Å². The number of piperazine rings is 1. The van der Waals surface area contributed by atoms with E-state index in [-0.39, 0.29) is 25.5 Å². The highest BCUT2D eigenvalue weighted by Crippen LogP contribution is 2.16. The summed E-state index contributed by atoms with van der Waals surface area (Å²) in [6.45, 7) is 1.69. The fourth-order valence-corrected chi connectivity index (χ4v) is 2.21. The molecule has 7 heteroatoms. The lowest BCUT2D eigenvalue weighted by Gasteiger charge is -2.31. The molecular formula is C14H15BrN2O4. The molecule has 1 aromatic carbocycles. The molecule has 2 rings (SSSR count). The van der Waals surface area contributed by atoms with Crippen LogP contribution in [0.15, 0.2) is 28.7 Å². The minimum Gasteiger partial charge on any atom is -0.493 e. The van der Waals surface area contributed by atoms with Crippen molar-refractivity contribution in [2.24, 2.45) is 0 Å². The van der Waals surface area contributed by atoms with Crippen LogP contribution in [0, 0.1) is 0 Å². The maximum Gasteiger partial charge on any atom is 0.249 e. The lowest BCUT2D eigenvalue weighted by molar-refractivity contribution is -0.149. The number of hydrogen-bond donors (Lipinski definition) is 1. The van der Waals surface area contributed by atoms with Gasteiger partial charge >= 0.3 is 0 Å². The summed E-state index contributed by atoms with van der Waals surface area (Å²) in [4.78, 5) is 36.1. The van der Waals surface area contributed by atoms with Crippen LogP contribution in [0.25, 0.3) is 0 Å². The molecule has 1 unspecified atom stereocenters. The van der Waals surface area contributed by atoms with Gasteiger partial charge in [0.05, 0.1) is 13.0 Å². The molecule has 0 bridgehead atoms. The highest BCUT2D eigenvalue weighted by atomic mass is 79.9. The van der Waals surface area contributed by atoms with Crippen molar-refractivity contribution in [2.45, 2.75) is 19.4 Å². The summed E-state index contributed by atoms with van der Waals surface area (Å²) in [5.74, 6) is -0.525. The van der Waals surface area contributed by atoms with Crippen LogP contribution in [0.5, 0.6) is 5.75 Å². The van der Waals surface area contributed by atoms with Crippen LogP contribution in [0.4, 0.5) is 0 Å². The maximum absolute atomic E-state index is 12.1. The summed E-state index contributed by atoms with van der Waals surface area (Å²) in [6.07, 6.45) is 0.112. The normalized spacial score (nSPS) is 18.4. The Balaban J connectivity index is 1.85. The van der Waals surface area contributed by atoms with Crippen LogP contribution in [-0.2, 0) is 14.4 Å². The van der Waals surface area contributed by atoms with Gasteiger partial charge in [0.1, 0.15) is 18.3 Å². The number of carbonyl (C=O) groups is 3. The van der Waals surface area contributed by atoms with Gasteiger partial charge < -0.3 is 9.64 Å². The average molecular weight is 355 g/mol. The number of rotatable bonds is 4. The highest BCUT2D eigenvalue weighted by molar-refractivity contribution is 9.10. The third kappa shape index (κ3) is 4.04. The Kier molecular flexibility index (Phi) is 4.95. The van der Waals surface area contributed by atoms with E-state index in [4.69, 9.17) is 4.74 Å². The van der Waals surface area contributed by atoms with Crippen LogP contribution in [0.1, 0.15) is 13.3 Å². The molecule has 0 aliphatic carbocycles. The largest absolute Gasteiger partial charge is 0.493 e. The van der Waals surface area contributed by atoms with Crippen LogP contribution in [-0.4, -0.2) is 41.8 Å². The molecule has 1 saturated heterocycles. The van der Waals surface area contributed by atoms with E-state index in [2.05, 4.69) is 21.2 Å². The molecule has 0 spiro atoms. The Morgan fingerprint density at radius 3 is 2.71 bits per heavy atom. The van der Waals surface area contributed by atoms with E-state index in [1.54, 1.807) is 19.1 Å². The van der Waals surface area contributed by atoms with Crippen LogP contribution >= 0.6 is 15.9 Å². The number of carbonyl (C=O) groups excluding carboxylic acids is 3. The Hall–Kier alpha value is -1.89. The van der Waals surface area contributed by atoms with Crippen molar-refractivity contribution in [1.29, 1.82) is 0 Å². The third-order valence-electron chi connectivity index (χ3n) is 3.14. The van der Waals surface area contributed by atoms with Gasteiger partial charge in [-0.1, -0.05) is 15.9 Å². The molecule has 0 saturated carbocycles. The highest BCUT2D eigenvalue weighted by Gasteiger charge is 2.33. The molecule has 0 aromatic heterocycles. The number of halogens is 1. The van der Waals surface area contributed by atoms with E-state index in [1.165, 1.54) is 4.90 Å². The van der Waals surface area contributed by atoms with Crippen molar-refractivity contribution >= 4 is 33.7 Å². The van der Waals surface area contributed by atoms with Crippen molar-refractivity contribution in [2.75, 3.05) is 13.2 Å². The number of ether oxygens (including phenoxy) is 1. The first-order valence-corrected chi connectivity index (χ1v) is 7.28. The standard InChI is InChI=1S/C14H15BrN2O4/c1-9-14(20)16-12(18)8-17(9)13(19)6-7-21-11-4-2-10(15)3-5-11/h2-5,9H,6-8H2,1H3,(H,16,18,20). The second-order valence-electron chi connectivity index (χ2n) is 4.66. The number of imide groups is 1. The zero-order chi connectivity index (χ0) is 15.4. The molecule has 3 amide bonds. The molecule has 1 N–H and O–H groups in total. The zero-order valence-electron chi connectivity index (χ0n) is 11.5. The van der Waals surface area contributed by atoms with Crippen molar-refractivity contribution < 1.29 is 19.1 Å². The third-order valence-corrected chi connectivity index (χ3v) is 3.67. The van der Waals surface area contributed by atoms with E-state index in [0.29, 0.717) is 5.75 Å². The second kappa shape index (κ2) is 6.71. The summed E-state index contributed by atoms with van der Waals surface area (Å²) in [5.41, 5.74) is 0. The predicted octanol–water partition coefficient (Wildman–Crippen LogP) is 1.09. The van der Waals surface area contributed by atoms with E-state index >= 15 is 0 Å². The van der Waals surface area contributed by atoms with Crippen LogP contribution in [0.2, 0.25) is 0 Å². The van der Waals surface area contributed by atoms with Crippen molar-refractivity contribution in [1.82, 2.24) is 10.2 Å². The van der Waals surface area contributed by atoms with E-state index in [0.717, 1.165) is 4.47 Å². The zero-order valence-corrected chi connectivity index (χ0v) is 13.1. The molecule has 1 atom stereocenters. The molecule has 1 heterocycles. The summed E-state index contributed by atoms with van der Waals surface area (Å²) in [7, 11) is 0. The van der Waals surface area contributed by atoms with Gasteiger partial charge in [-0.05, 0) is 31.2 Å². The topological polar surface area (TPSA) is 75.7 Å². The molecule has 6 nitrogen and oxygen atoms in total. The molecule has 1 aromatic rings. The van der Waals surface area contributed by atoms with Gasteiger partial charge in [0.2, 0.25) is 17.7 Å². The molecule has 21 heavy (non-hydrogen) atoms. The summed E-state index contributed by atoms with van der Waals surface area (Å²) in [5, 5.41) is 2.19. The number of nitrogens with one attached hydrogen (secondary N) is 1. The minimum atomic E-state index is -0.636. The SMILES string of the molecule is CC1C(=O)NC(=O)CN1C(=O)CCOc1ccc(Br)cc1. The van der Waals surface area contributed by atoms with Crippen LogP contribution in [0.3, 0.4) is 0 Å². The van der Waals surface area contributed by atoms with Crippen molar-refractivity contribution in [3.8, 4) is 5.75 Å². The lowest BCUT2D eigenvalue weighted by atomic mass is 10.2. The quantitative estimate of drug-likeness (QED) is 0.821.